The van der Waals surface area contributed by atoms with E-state index in [0.717, 1.165) is 5.06 Å². The molecule has 1 aliphatic heterocycles. The van der Waals surface area contributed by atoms with Gasteiger partial charge in [-0.25, -0.2) is 0 Å². The molecule has 0 bridgehead atoms. The third-order valence-electron chi connectivity index (χ3n) is 2.19. The van der Waals surface area contributed by atoms with E-state index in [2.05, 4.69) is 0 Å². The summed E-state index contributed by atoms with van der Waals surface area (Å²) in [6, 6.07) is 6.61. The summed E-state index contributed by atoms with van der Waals surface area (Å²) in [4.78, 5) is 28.6. The summed E-state index contributed by atoms with van der Waals surface area (Å²) in [7, 11) is 0. The number of rotatable bonds is 3. The Labute approximate surface area is 97.7 Å². The van der Waals surface area contributed by atoms with Crippen LogP contribution in [0.5, 0.6) is 0 Å². The SMILES string of the molecule is CC(Cl)CON1C(=O)c2ccccc2C1=O. The third kappa shape index (κ3) is 1.81. The van der Waals surface area contributed by atoms with Crippen LogP contribution >= 0.6 is 11.6 Å². The van der Waals surface area contributed by atoms with Gasteiger partial charge in [-0.3, -0.25) is 14.4 Å². The van der Waals surface area contributed by atoms with Crippen molar-refractivity contribution in [3.63, 3.8) is 0 Å². The van der Waals surface area contributed by atoms with Crippen molar-refractivity contribution in [2.45, 2.75) is 12.3 Å². The zero-order valence-corrected chi connectivity index (χ0v) is 9.40. The number of hydrogen-bond donors (Lipinski definition) is 0. The Bertz CT molecular complexity index is 410. The number of hydroxylamine groups is 2. The number of alkyl halides is 1. The zero-order valence-electron chi connectivity index (χ0n) is 8.64. The second kappa shape index (κ2) is 4.23. The lowest BCUT2D eigenvalue weighted by molar-refractivity contribution is -0.0901. The topological polar surface area (TPSA) is 46.6 Å². The molecule has 0 radical (unpaired) electrons. The smallest absolute Gasteiger partial charge is 0.266 e. The zero-order chi connectivity index (χ0) is 11.7. The van der Waals surface area contributed by atoms with Crippen LogP contribution in [0.15, 0.2) is 24.3 Å². The highest BCUT2D eigenvalue weighted by molar-refractivity contribution is 6.21. The van der Waals surface area contributed by atoms with Crippen LogP contribution in [0, 0.1) is 0 Å². The molecule has 0 saturated heterocycles. The summed E-state index contributed by atoms with van der Waals surface area (Å²) in [5.41, 5.74) is 0.740. The number of hydrogen-bond acceptors (Lipinski definition) is 3. The minimum atomic E-state index is -0.432. The Kier molecular flexibility index (Phi) is 2.94. The molecule has 0 fully saturated rings. The number of amides is 2. The number of imide groups is 1. The highest BCUT2D eigenvalue weighted by atomic mass is 35.5. The van der Waals surface area contributed by atoms with Gasteiger partial charge >= 0.3 is 0 Å². The molecule has 16 heavy (non-hydrogen) atoms. The fourth-order valence-electron chi connectivity index (χ4n) is 1.46. The molecular weight excluding hydrogens is 230 g/mol. The van der Waals surface area contributed by atoms with E-state index >= 15 is 0 Å². The first-order chi connectivity index (χ1) is 7.61. The van der Waals surface area contributed by atoms with Crippen molar-refractivity contribution in [2.75, 3.05) is 6.61 Å². The van der Waals surface area contributed by atoms with Gasteiger partial charge in [0.25, 0.3) is 11.8 Å². The molecule has 84 valence electrons. The monoisotopic (exact) mass is 239 g/mol. The first-order valence-electron chi connectivity index (χ1n) is 4.86. The molecule has 2 amide bonds. The minimum absolute atomic E-state index is 0.118. The average molecular weight is 240 g/mol. The molecule has 1 aliphatic rings. The molecule has 4 nitrogen and oxygen atoms in total. The number of carbonyl (C=O) groups is 2. The Hall–Kier alpha value is -1.39. The number of nitrogens with zero attached hydrogens (tertiary/aromatic N) is 1. The second-order valence-corrected chi connectivity index (χ2v) is 4.27. The van der Waals surface area contributed by atoms with Crippen molar-refractivity contribution in [3.8, 4) is 0 Å². The van der Waals surface area contributed by atoms with Crippen LogP contribution in [0.4, 0.5) is 0 Å². The van der Waals surface area contributed by atoms with E-state index in [1.807, 2.05) is 0 Å². The van der Waals surface area contributed by atoms with Gasteiger partial charge in [-0.2, -0.15) is 0 Å². The maximum absolute atomic E-state index is 11.8. The van der Waals surface area contributed by atoms with Crippen LogP contribution in [0.2, 0.25) is 0 Å². The number of carbonyl (C=O) groups excluding carboxylic acids is 2. The summed E-state index contributed by atoms with van der Waals surface area (Å²) < 4.78 is 0. The molecule has 1 heterocycles. The summed E-state index contributed by atoms with van der Waals surface area (Å²) in [5, 5.41) is 0.508. The van der Waals surface area contributed by atoms with Gasteiger partial charge in [-0.1, -0.05) is 12.1 Å². The molecule has 0 aliphatic carbocycles. The quantitative estimate of drug-likeness (QED) is 0.597. The van der Waals surface area contributed by atoms with E-state index < -0.39 is 11.8 Å². The van der Waals surface area contributed by atoms with Crippen LogP contribution in [0.1, 0.15) is 27.6 Å². The molecule has 0 saturated carbocycles. The number of benzene rings is 1. The maximum Gasteiger partial charge on any atom is 0.285 e. The molecule has 5 heteroatoms. The lowest BCUT2D eigenvalue weighted by Crippen LogP contribution is -2.31. The third-order valence-corrected chi connectivity index (χ3v) is 2.32. The predicted octanol–water partition coefficient (Wildman–Crippen LogP) is 1.84. The molecule has 0 aromatic heterocycles. The molecule has 1 unspecified atom stereocenters. The molecule has 1 aromatic carbocycles. The highest BCUT2D eigenvalue weighted by Gasteiger charge is 2.36. The van der Waals surface area contributed by atoms with E-state index in [-0.39, 0.29) is 12.0 Å². The normalized spacial score (nSPS) is 16.5. The first kappa shape index (κ1) is 11.1. The maximum atomic E-state index is 11.8. The van der Waals surface area contributed by atoms with Gasteiger partial charge in [0.15, 0.2) is 0 Å². The van der Waals surface area contributed by atoms with Crippen LogP contribution < -0.4 is 0 Å². The van der Waals surface area contributed by atoms with Crippen LogP contribution in [0.3, 0.4) is 0 Å². The van der Waals surface area contributed by atoms with E-state index in [4.69, 9.17) is 16.4 Å². The number of fused-ring (bicyclic) bond motifs is 1. The standard InChI is InChI=1S/C11H10ClNO3/c1-7(12)6-16-13-10(14)8-4-2-3-5-9(8)11(13)15/h2-5,7H,6H2,1H3. The highest BCUT2D eigenvalue weighted by Crippen LogP contribution is 2.22. The van der Waals surface area contributed by atoms with Gasteiger partial charge in [0.2, 0.25) is 0 Å². The second-order valence-electron chi connectivity index (χ2n) is 3.53. The van der Waals surface area contributed by atoms with Gasteiger partial charge in [-0.05, 0) is 19.1 Å². The number of halogens is 1. The van der Waals surface area contributed by atoms with E-state index in [1.165, 1.54) is 0 Å². The predicted molar refractivity (Wildman–Crippen MR) is 58.2 cm³/mol. The Morgan fingerprint density at radius 1 is 1.25 bits per heavy atom. The first-order valence-corrected chi connectivity index (χ1v) is 5.29. The molecule has 1 atom stereocenters. The molecular formula is C11H10ClNO3. The van der Waals surface area contributed by atoms with Crippen molar-refractivity contribution in [1.29, 1.82) is 0 Å². The van der Waals surface area contributed by atoms with Crippen molar-refractivity contribution in [2.24, 2.45) is 0 Å². The summed E-state index contributed by atoms with van der Waals surface area (Å²) >= 11 is 5.69. The molecule has 1 aromatic rings. The Morgan fingerprint density at radius 3 is 2.19 bits per heavy atom. The van der Waals surface area contributed by atoms with Gasteiger partial charge in [0.1, 0.15) is 0 Å². The fraction of sp³-hybridized carbons (Fsp3) is 0.273. The Morgan fingerprint density at radius 2 is 1.75 bits per heavy atom. The van der Waals surface area contributed by atoms with Crippen molar-refractivity contribution < 1.29 is 14.4 Å². The molecule has 0 spiro atoms. The average Bonchev–Trinajstić information content (AvgIpc) is 2.50. The molecule has 0 N–H and O–H groups in total. The van der Waals surface area contributed by atoms with Crippen molar-refractivity contribution in [3.05, 3.63) is 35.4 Å². The lowest BCUT2D eigenvalue weighted by atomic mass is 10.1. The fourth-order valence-corrected chi connectivity index (χ4v) is 1.52. The van der Waals surface area contributed by atoms with Crippen LogP contribution in [-0.2, 0) is 4.84 Å². The minimum Gasteiger partial charge on any atom is -0.266 e. The van der Waals surface area contributed by atoms with Gasteiger partial charge in [0.05, 0.1) is 23.1 Å². The van der Waals surface area contributed by atoms with Crippen molar-refractivity contribution >= 4 is 23.4 Å². The van der Waals surface area contributed by atoms with Crippen LogP contribution in [-0.4, -0.2) is 28.9 Å². The van der Waals surface area contributed by atoms with Gasteiger partial charge in [0, 0.05) is 0 Å². The summed E-state index contributed by atoms with van der Waals surface area (Å²) in [6.45, 7) is 1.84. The lowest BCUT2D eigenvalue weighted by Gasteiger charge is -2.13. The summed E-state index contributed by atoms with van der Waals surface area (Å²) in [6.07, 6.45) is 0. The largest absolute Gasteiger partial charge is 0.285 e. The molecule has 2 rings (SSSR count). The van der Waals surface area contributed by atoms with E-state index in [1.54, 1.807) is 31.2 Å². The van der Waals surface area contributed by atoms with E-state index in [9.17, 15) is 9.59 Å². The Balaban J connectivity index is 2.22. The van der Waals surface area contributed by atoms with Crippen LogP contribution in [0.25, 0.3) is 0 Å². The van der Waals surface area contributed by atoms with Gasteiger partial charge < -0.3 is 0 Å². The van der Waals surface area contributed by atoms with Gasteiger partial charge in [-0.15, -0.1) is 16.7 Å². The van der Waals surface area contributed by atoms with Crippen molar-refractivity contribution in [1.82, 2.24) is 5.06 Å². The summed E-state index contributed by atoms with van der Waals surface area (Å²) in [5.74, 6) is -0.865. The van der Waals surface area contributed by atoms with E-state index in [0.29, 0.717) is 11.1 Å².